The summed E-state index contributed by atoms with van der Waals surface area (Å²) >= 11 is 0. The molecule has 0 aliphatic heterocycles. The molecule has 0 atom stereocenters. The first-order valence-electron chi connectivity index (χ1n) is 10.4. The van der Waals surface area contributed by atoms with Gasteiger partial charge in [-0.2, -0.15) is 0 Å². The van der Waals surface area contributed by atoms with Gasteiger partial charge >= 0.3 is 6.09 Å². The highest BCUT2D eigenvalue weighted by Gasteiger charge is 2.31. The van der Waals surface area contributed by atoms with Crippen molar-refractivity contribution >= 4 is 25.2 Å². The maximum atomic E-state index is 12.8. The molecule has 0 spiro atoms. The largest absolute Gasteiger partial charge is 0.507 e. The fourth-order valence-corrected chi connectivity index (χ4v) is 3.39. The van der Waals surface area contributed by atoms with Crippen LogP contribution in [-0.4, -0.2) is 64.8 Å². The first kappa shape index (κ1) is 26.3. The van der Waals surface area contributed by atoms with Crippen LogP contribution in [0.15, 0.2) is 0 Å². The van der Waals surface area contributed by atoms with Gasteiger partial charge in [0.25, 0.3) is 0 Å². The van der Waals surface area contributed by atoms with Crippen molar-refractivity contribution in [1.82, 2.24) is 9.80 Å². The summed E-state index contributed by atoms with van der Waals surface area (Å²) in [6.07, 6.45) is 0.311. The van der Waals surface area contributed by atoms with Gasteiger partial charge in [0, 0.05) is 60.6 Å². The Morgan fingerprint density at radius 1 is 0.935 bits per heavy atom. The number of phenolic OH excluding ortho intramolecular Hbond substituents is 2. The van der Waals surface area contributed by atoms with Crippen LogP contribution in [0.1, 0.15) is 58.6 Å². The van der Waals surface area contributed by atoms with Gasteiger partial charge in [0.2, 0.25) is 5.91 Å². The van der Waals surface area contributed by atoms with Crippen LogP contribution in [0, 0.1) is 6.92 Å². The van der Waals surface area contributed by atoms with Gasteiger partial charge < -0.3 is 24.7 Å². The van der Waals surface area contributed by atoms with Crippen molar-refractivity contribution in [1.29, 1.82) is 0 Å². The summed E-state index contributed by atoms with van der Waals surface area (Å²) < 4.78 is 5.32. The first-order chi connectivity index (χ1) is 14.0. The smallest absolute Gasteiger partial charge is 0.410 e. The lowest BCUT2D eigenvalue weighted by Gasteiger charge is -2.30. The Hall–Kier alpha value is -2.70. The minimum absolute atomic E-state index is 0.0168. The van der Waals surface area contributed by atoms with Crippen LogP contribution in [0.3, 0.4) is 0 Å². The maximum Gasteiger partial charge on any atom is 0.410 e. The van der Waals surface area contributed by atoms with Crippen LogP contribution in [0.2, 0.25) is 0 Å². The zero-order chi connectivity index (χ0) is 24.3. The zero-order valence-corrected chi connectivity index (χ0v) is 20.3. The van der Waals surface area contributed by atoms with Crippen molar-refractivity contribution < 1.29 is 24.5 Å². The summed E-state index contributed by atoms with van der Waals surface area (Å²) in [5.74, 6) is -0.175. The molecule has 1 aromatic rings. The second-order valence-corrected chi connectivity index (χ2v) is 9.79. The standard InChI is InChI=1S/C24H38N2O5/c1-15-16(2)21(29)19(17(3)20(15)28)24(7,8)14-18(27)25(9)12-11-13-26(10)22(30)31-23(4,5)6/h28-29H,2-3,11-14H2,1,4-10H3. The van der Waals surface area contributed by atoms with Crippen LogP contribution < -0.4 is 10.4 Å². The van der Waals surface area contributed by atoms with Crippen molar-refractivity contribution in [2.45, 2.75) is 65.4 Å². The van der Waals surface area contributed by atoms with E-state index in [9.17, 15) is 19.8 Å². The van der Waals surface area contributed by atoms with Crippen LogP contribution in [0.4, 0.5) is 4.79 Å². The predicted octanol–water partition coefficient (Wildman–Crippen LogP) is 2.61. The number of ether oxygens (including phenoxy) is 1. The number of carbonyl (C=O) groups excluding carboxylic acids is 2. The van der Waals surface area contributed by atoms with E-state index >= 15 is 0 Å². The minimum atomic E-state index is -0.766. The Morgan fingerprint density at radius 3 is 1.97 bits per heavy atom. The molecule has 0 bridgehead atoms. The fourth-order valence-electron chi connectivity index (χ4n) is 3.39. The molecule has 0 saturated carbocycles. The van der Waals surface area contributed by atoms with E-state index in [-0.39, 0.29) is 23.8 Å². The number of amides is 2. The Balaban J connectivity index is 2.80. The van der Waals surface area contributed by atoms with Crippen molar-refractivity contribution in [2.75, 3.05) is 27.2 Å². The lowest BCUT2D eigenvalue weighted by Crippen LogP contribution is -2.38. The lowest BCUT2D eigenvalue weighted by molar-refractivity contribution is -0.131. The molecule has 7 nitrogen and oxygen atoms in total. The molecule has 0 aromatic heterocycles. The highest BCUT2D eigenvalue weighted by Crippen LogP contribution is 2.31. The zero-order valence-electron chi connectivity index (χ0n) is 20.3. The molecular weight excluding hydrogens is 396 g/mol. The molecule has 0 fully saturated rings. The second-order valence-electron chi connectivity index (χ2n) is 9.79. The molecule has 2 amide bonds. The van der Waals surface area contributed by atoms with E-state index in [4.69, 9.17) is 4.74 Å². The summed E-state index contributed by atoms with van der Waals surface area (Å²) in [5.41, 5.74) is -0.426. The van der Waals surface area contributed by atoms with Crippen molar-refractivity contribution in [3.8, 4) is 11.5 Å². The average molecular weight is 435 g/mol. The van der Waals surface area contributed by atoms with Gasteiger partial charge in [-0.15, -0.1) is 0 Å². The van der Waals surface area contributed by atoms with Gasteiger partial charge in [-0.3, -0.25) is 4.79 Å². The van der Waals surface area contributed by atoms with Crippen molar-refractivity contribution in [2.24, 2.45) is 0 Å². The second kappa shape index (κ2) is 9.62. The molecule has 1 aromatic carbocycles. The highest BCUT2D eigenvalue weighted by atomic mass is 16.6. The van der Waals surface area contributed by atoms with Gasteiger partial charge in [0.15, 0.2) is 0 Å². The molecular formula is C24H38N2O5. The number of hydrogen-bond acceptors (Lipinski definition) is 5. The van der Waals surface area contributed by atoms with Gasteiger partial charge in [-0.1, -0.05) is 27.0 Å². The monoisotopic (exact) mass is 434 g/mol. The van der Waals surface area contributed by atoms with E-state index in [1.807, 2.05) is 34.6 Å². The van der Waals surface area contributed by atoms with Crippen LogP contribution in [0.5, 0.6) is 11.5 Å². The number of aromatic hydroxyl groups is 2. The van der Waals surface area contributed by atoms with Crippen molar-refractivity contribution in [3.63, 3.8) is 0 Å². The molecule has 0 radical (unpaired) electrons. The molecule has 0 aliphatic rings. The Labute approximate surface area is 185 Å². The van der Waals surface area contributed by atoms with Crippen LogP contribution >= 0.6 is 0 Å². The third kappa shape index (κ3) is 6.64. The van der Waals surface area contributed by atoms with E-state index in [0.717, 1.165) is 0 Å². The Morgan fingerprint density at radius 2 is 1.45 bits per heavy atom. The number of benzene rings is 1. The normalized spacial score (nSPS) is 11.9. The van der Waals surface area contributed by atoms with E-state index in [1.54, 1.807) is 25.9 Å². The highest BCUT2D eigenvalue weighted by molar-refractivity contribution is 5.78. The lowest BCUT2D eigenvalue weighted by atomic mass is 9.78. The fraction of sp³-hybridized carbons (Fsp3) is 0.583. The SMILES string of the molecule is C=c1c(C)c(O)c(=C)c(C(C)(C)CC(=O)N(C)CCCN(C)C(=O)OC(C)(C)C)c1O. The quantitative estimate of drug-likeness (QED) is 0.644. The summed E-state index contributed by atoms with van der Waals surface area (Å²) in [7, 11) is 3.37. The Bertz CT molecular complexity index is 931. The molecule has 31 heavy (non-hydrogen) atoms. The molecule has 0 saturated heterocycles. The maximum absolute atomic E-state index is 12.8. The van der Waals surface area contributed by atoms with E-state index in [2.05, 4.69) is 13.2 Å². The van der Waals surface area contributed by atoms with E-state index < -0.39 is 17.1 Å². The predicted molar refractivity (Wildman–Crippen MR) is 124 cm³/mol. The van der Waals surface area contributed by atoms with E-state index in [1.165, 1.54) is 4.90 Å². The van der Waals surface area contributed by atoms with Crippen LogP contribution in [-0.2, 0) is 14.9 Å². The van der Waals surface area contributed by atoms with Gasteiger partial charge in [-0.25, -0.2) is 4.79 Å². The molecule has 0 heterocycles. The third-order valence-corrected chi connectivity index (χ3v) is 5.31. The first-order valence-corrected chi connectivity index (χ1v) is 10.4. The molecule has 1 rings (SSSR count). The summed E-state index contributed by atoms with van der Waals surface area (Å²) in [4.78, 5) is 27.9. The van der Waals surface area contributed by atoms with Gasteiger partial charge in [0.05, 0.1) is 0 Å². The topological polar surface area (TPSA) is 90.3 Å². The van der Waals surface area contributed by atoms with Crippen LogP contribution in [0.25, 0.3) is 13.2 Å². The summed E-state index contributed by atoms with van der Waals surface area (Å²) in [6, 6.07) is 0. The van der Waals surface area contributed by atoms with Crippen molar-refractivity contribution in [3.05, 3.63) is 21.6 Å². The minimum Gasteiger partial charge on any atom is -0.507 e. The summed E-state index contributed by atoms with van der Waals surface area (Å²) in [6.45, 7) is 19.4. The number of carbonyl (C=O) groups is 2. The average Bonchev–Trinajstić information content (AvgIpc) is 2.62. The molecule has 7 heteroatoms. The Kier molecular flexibility index (Phi) is 8.17. The number of rotatable bonds is 7. The number of nitrogens with zero attached hydrogens (tertiary/aromatic N) is 2. The molecule has 2 N–H and O–H groups in total. The molecule has 0 aliphatic carbocycles. The third-order valence-electron chi connectivity index (χ3n) is 5.31. The van der Waals surface area contributed by atoms with E-state index in [0.29, 0.717) is 41.1 Å². The summed E-state index contributed by atoms with van der Waals surface area (Å²) in [5, 5.41) is 21.6. The number of phenols is 2. The number of hydrogen-bond donors (Lipinski definition) is 2. The van der Waals surface area contributed by atoms with Gasteiger partial charge in [-0.05, 0) is 34.1 Å². The van der Waals surface area contributed by atoms with Gasteiger partial charge in [0.1, 0.15) is 17.1 Å². The molecule has 174 valence electrons. The molecule has 0 unspecified atom stereocenters.